The number of ether oxygens (including phenoxy) is 2. The highest BCUT2D eigenvalue weighted by Crippen LogP contribution is 2.35. The van der Waals surface area contributed by atoms with Crippen LogP contribution in [-0.4, -0.2) is 22.9 Å². The highest BCUT2D eigenvalue weighted by molar-refractivity contribution is 7.14. The number of nitrogens with zero attached hydrogens (tertiary/aromatic N) is 3. The number of non-ortho nitro benzene ring substituents is 1. The zero-order valence-corrected chi connectivity index (χ0v) is 20.2. The molecule has 0 saturated heterocycles. The molecule has 4 aromatic rings. The molecule has 0 aliphatic rings. The second-order valence-corrected chi connectivity index (χ2v) is 8.61. The van der Waals surface area contributed by atoms with Gasteiger partial charge in [-0.25, -0.2) is 4.98 Å². The summed E-state index contributed by atoms with van der Waals surface area (Å²) in [7, 11) is 1.57. The number of methoxy groups -OCH3 is 1. The van der Waals surface area contributed by atoms with Crippen LogP contribution in [0, 0.1) is 17.0 Å². The lowest BCUT2D eigenvalue weighted by Gasteiger charge is -2.18. The summed E-state index contributed by atoms with van der Waals surface area (Å²) < 4.78 is 11.2. The van der Waals surface area contributed by atoms with Crippen molar-refractivity contribution in [3.63, 3.8) is 0 Å². The van der Waals surface area contributed by atoms with Gasteiger partial charge in [0.05, 0.1) is 23.4 Å². The van der Waals surface area contributed by atoms with Crippen LogP contribution in [0.1, 0.15) is 18.2 Å². The molecule has 0 aliphatic carbocycles. The third kappa shape index (κ3) is 5.47. The van der Waals surface area contributed by atoms with E-state index in [1.807, 2.05) is 48.7 Å². The van der Waals surface area contributed by atoms with Gasteiger partial charge in [0.25, 0.3) is 5.69 Å². The molecule has 178 valence electrons. The fourth-order valence-corrected chi connectivity index (χ4v) is 4.44. The molecule has 0 radical (unpaired) electrons. The number of benzene rings is 3. The van der Waals surface area contributed by atoms with Crippen molar-refractivity contribution in [2.24, 2.45) is 0 Å². The summed E-state index contributed by atoms with van der Waals surface area (Å²) >= 11 is 1.34. The summed E-state index contributed by atoms with van der Waals surface area (Å²) in [6.45, 7) is 3.60. The maximum Gasteiger partial charge on any atom is 0.270 e. The molecule has 9 heteroatoms. The Hall–Kier alpha value is -4.24. The van der Waals surface area contributed by atoms with E-state index in [0.29, 0.717) is 27.9 Å². The number of thiazole rings is 1. The van der Waals surface area contributed by atoms with E-state index in [0.717, 1.165) is 16.8 Å². The number of carbonyl (C=O) groups excluding carboxylic acids is 1. The first-order chi connectivity index (χ1) is 16.9. The van der Waals surface area contributed by atoms with Gasteiger partial charge >= 0.3 is 0 Å². The van der Waals surface area contributed by atoms with Crippen molar-refractivity contribution in [1.29, 1.82) is 0 Å². The molecule has 4 rings (SSSR count). The predicted octanol–water partition coefficient (Wildman–Crippen LogP) is 6.30. The number of aryl methyl sites for hydroxylation is 1. The minimum atomic E-state index is -0.439. The summed E-state index contributed by atoms with van der Waals surface area (Å²) in [6.07, 6.45) is 0. The highest BCUT2D eigenvalue weighted by Gasteiger charge is 2.19. The summed E-state index contributed by atoms with van der Waals surface area (Å²) in [4.78, 5) is 29.4. The average molecular weight is 490 g/mol. The smallest absolute Gasteiger partial charge is 0.270 e. The van der Waals surface area contributed by atoms with E-state index in [-0.39, 0.29) is 18.2 Å². The average Bonchev–Trinajstić information content (AvgIpc) is 3.31. The van der Waals surface area contributed by atoms with E-state index in [4.69, 9.17) is 9.47 Å². The van der Waals surface area contributed by atoms with Crippen LogP contribution in [0.4, 0.5) is 16.5 Å². The van der Waals surface area contributed by atoms with Crippen molar-refractivity contribution in [3.8, 4) is 22.6 Å². The number of hydrogen-bond donors (Lipinski definition) is 0. The summed E-state index contributed by atoms with van der Waals surface area (Å²) in [5.41, 5.74) is 3.74. The van der Waals surface area contributed by atoms with Crippen molar-refractivity contribution in [2.45, 2.75) is 20.5 Å². The van der Waals surface area contributed by atoms with Crippen molar-refractivity contribution < 1.29 is 19.2 Å². The molecule has 0 aliphatic heterocycles. The van der Waals surface area contributed by atoms with Gasteiger partial charge in [-0.05, 0) is 48.4 Å². The highest BCUT2D eigenvalue weighted by atomic mass is 32.1. The molecular formula is C26H23N3O5S. The standard InChI is InChI=1S/C26H23N3O5S/c1-17-5-4-6-21(13-17)28(18(2)30)26-27-20(16-35-26)15-34-25-12-9-22(29(31)32)14-24(25)19-7-10-23(33-3)11-8-19/h4-14,16H,15H2,1-3H3. The van der Waals surface area contributed by atoms with E-state index in [1.54, 1.807) is 30.2 Å². The number of nitro groups is 1. The molecule has 1 heterocycles. The quantitative estimate of drug-likeness (QED) is 0.213. The van der Waals surface area contributed by atoms with E-state index in [2.05, 4.69) is 4.98 Å². The fourth-order valence-electron chi connectivity index (χ4n) is 3.56. The van der Waals surface area contributed by atoms with Gasteiger partial charge in [-0.15, -0.1) is 11.3 Å². The zero-order valence-electron chi connectivity index (χ0n) is 19.4. The van der Waals surface area contributed by atoms with Crippen molar-refractivity contribution in [3.05, 3.63) is 93.5 Å². The van der Waals surface area contributed by atoms with Crippen LogP contribution >= 0.6 is 11.3 Å². The Morgan fingerprint density at radius 2 is 1.89 bits per heavy atom. The number of nitro benzene ring substituents is 1. The molecule has 0 atom stereocenters. The van der Waals surface area contributed by atoms with Gasteiger partial charge in [-0.1, -0.05) is 24.3 Å². The SMILES string of the molecule is COc1ccc(-c2cc([N+](=O)[O-])ccc2OCc2csc(N(C(C)=O)c3cccc(C)c3)n2)cc1. The predicted molar refractivity (Wildman–Crippen MR) is 136 cm³/mol. The van der Waals surface area contributed by atoms with Crippen molar-refractivity contribution in [1.82, 2.24) is 4.98 Å². The van der Waals surface area contributed by atoms with E-state index < -0.39 is 4.92 Å². The fraction of sp³-hybridized carbons (Fsp3) is 0.154. The third-order valence-corrected chi connectivity index (χ3v) is 6.13. The second kappa shape index (κ2) is 10.4. The van der Waals surface area contributed by atoms with Crippen LogP contribution in [0.2, 0.25) is 0 Å². The third-order valence-electron chi connectivity index (χ3n) is 5.26. The van der Waals surface area contributed by atoms with E-state index in [1.165, 1.54) is 30.4 Å². The lowest BCUT2D eigenvalue weighted by Crippen LogP contribution is -2.22. The summed E-state index contributed by atoms with van der Waals surface area (Å²) in [5, 5.41) is 13.7. The van der Waals surface area contributed by atoms with Gasteiger partial charge in [0, 0.05) is 30.0 Å². The van der Waals surface area contributed by atoms with Gasteiger partial charge in [0.15, 0.2) is 5.13 Å². The molecule has 0 saturated carbocycles. The van der Waals surface area contributed by atoms with Crippen LogP contribution in [0.5, 0.6) is 11.5 Å². The Morgan fingerprint density at radius 1 is 1.11 bits per heavy atom. The molecule has 0 spiro atoms. The monoisotopic (exact) mass is 489 g/mol. The molecule has 1 amide bonds. The second-order valence-electron chi connectivity index (χ2n) is 7.77. The van der Waals surface area contributed by atoms with Gasteiger partial charge < -0.3 is 9.47 Å². The van der Waals surface area contributed by atoms with Crippen LogP contribution in [0.25, 0.3) is 11.1 Å². The van der Waals surface area contributed by atoms with Crippen LogP contribution in [0.3, 0.4) is 0 Å². The summed E-state index contributed by atoms with van der Waals surface area (Å²) in [6, 6.07) is 19.3. The first kappa shape index (κ1) is 23.9. The number of rotatable bonds is 8. The molecule has 0 N–H and O–H groups in total. The molecule has 3 aromatic carbocycles. The first-order valence-corrected chi connectivity index (χ1v) is 11.6. The summed E-state index contributed by atoms with van der Waals surface area (Å²) in [5.74, 6) is 1.02. The van der Waals surface area contributed by atoms with Crippen molar-refractivity contribution in [2.75, 3.05) is 12.0 Å². The van der Waals surface area contributed by atoms with Gasteiger partial charge in [-0.3, -0.25) is 19.8 Å². The molecule has 8 nitrogen and oxygen atoms in total. The molecule has 0 fully saturated rings. The first-order valence-electron chi connectivity index (χ1n) is 10.7. The number of aromatic nitrogens is 1. The minimum Gasteiger partial charge on any atom is -0.497 e. The largest absolute Gasteiger partial charge is 0.497 e. The minimum absolute atomic E-state index is 0.0330. The van der Waals surface area contributed by atoms with Crippen LogP contribution < -0.4 is 14.4 Å². The maximum atomic E-state index is 12.4. The lowest BCUT2D eigenvalue weighted by atomic mass is 10.0. The van der Waals surface area contributed by atoms with E-state index >= 15 is 0 Å². The van der Waals surface area contributed by atoms with Gasteiger partial charge in [-0.2, -0.15) is 0 Å². The normalized spacial score (nSPS) is 10.6. The number of carbonyl (C=O) groups is 1. The van der Waals surface area contributed by atoms with Crippen LogP contribution in [0.15, 0.2) is 72.1 Å². The van der Waals surface area contributed by atoms with E-state index in [9.17, 15) is 14.9 Å². The van der Waals surface area contributed by atoms with Gasteiger partial charge in [0.2, 0.25) is 5.91 Å². The Kier molecular flexibility index (Phi) is 7.07. The number of amides is 1. The molecule has 1 aromatic heterocycles. The Morgan fingerprint density at radius 3 is 2.54 bits per heavy atom. The van der Waals surface area contributed by atoms with Crippen molar-refractivity contribution >= 4 is 33.8 Å². The lowest BCUT2D eigenvalue weighted by molar-refractivity contribution is -0.384. The molecule has 0 bridgehead atoms. The topological polar surface area (TPSA) is 94.8 Å². The maximum absolute atomic E-state index is 12.4. The number of anilines is 2. The Balaban J connectivity index is 1.59. The Bertz CT molecular complexity index is 1370. The van der Waals surface area contributed by atoms with Gasteiger partial charge in [0.1, 0.15) is 18.1 Å². The molecule has 35 heavy (non-hydrogen) atoms. The zero-order chi connectivity index (χ0) is 24.9. The Labute approximate surface area is 206 Å². The molecule has 0 unspecified atom stereocenters. The van der Waals surface area contributed by atoms with Crippen LogP contribution in [-0.2, 0) is 11.4 Å². The molecular weight excluding hydrogens is 466 g/mol. The number of hydrogen-bond acceptors (Lipinski definition) is 7.